The van der Waals surface area contributed by atoms with Gasteiger partial charge in [0.05, 0.1) is 17.9 Å². The molecule has 0 fully saturated rings. The van der Waals surface area contributed by atoms with E-state index < -0.39 is 6.10 Å². The molecule has 0 bridgehead atoms. The fourth-order valence-electron chi connectivity index (χ4n) is 2.22. The molecule has 124 valence electrons. The van der Waals surface area contributed by atoms with E-state index in [-0.39, 0.29) is 11.9 Å². The normalized spacial score (nSPS) is 12.4. The lowest BCUT2D eigenvalue weighted by Crippen LogP contribution is -2.21. The Morgan fingerprint density at radius 2 is 1.83 bits per heavy atom. The number of nitrogens with zero attached hydrogens (tertiary/aromatic N) is 1. The Labute approximate surface area is 137 Å². The van der Waals surface area contributed by atoms with Crippen LogP contribution >= 0.6 is 0 Å². The van der Waals surface area contributed by atoms with Crippen LogP contribution in [0.15, 0.2) is 36.4 Å². The average Bonchev–Trinajstić information content (AvgIpc) is 2.50. The highest BCUT2D eigenvalue weighted by atomic mass is 16.5. The molecular formula is C18H24N2O3. The molecule has 3 N–H and O–H groups in total. The summed E-state index contributed by atoms with van der Waals surface area (Å²) in [5.74, 6) is 0.950. The van der Waals surface area contributed by atoms with Crippen LogP contribution in [-0.4, -0.2) is 27.8 Å². The molecule has 0 saturated carbocycles. The largest absolute Gasteiger partial charge is 0.506 e. The lowest BCUT2D eigenvalue weighted by atomic mass is 10.1. The van der Waals surface area contributed by atoms with Crippen molar-refractivity contribution in [2.24, 2.45) is 0 Å². The van der Waals surface area contributed by atoms with Crippen LogP contribution in [0.1, 0.15) is 36.9 Å². The molecule has 0 aliphatic carbocycles. The van der Waals surface area contributed by atoms with Crippen LogP contribution in [0.25, 0.3) is 0 Å². The fraction of sp³-hybridized carbons (Fsp3) is 0.389. The first-order valence-electron chi connectivity index (χ1n) is 7.76. The van der Waals surface area contributed by atoms with Gasteiger partial charge in [0.2, 0.25) is 0 Å². The molecule has 2 rings (SSSR count). The van der Waals surface area contributed by atoms with Gasteiger partial charge in [0.15, 0.2) is 0 Å². The lowest BCUT2D eigenvalue weighted by molar-refractivity contribution is 0.174. The maximum atomic E-state index is 10.2. The lowest BCUT2D eigenvalue weighted by Gasteiger charge is -2.14. The summed E-state index contributed by atoms with van der Waals surface area (Å²) in [7, 11) is 0. The highest BCUT2D eigenvalue weighted by molar-refractivity contribution is 5.29. The first-order valence-corrected chi connectivity index (χ1v) is 7.76. The summed E-state index contributed by atoms with van der Waals surface area (Å²) < 4.78 is 5.58. The monoisotopic (exact) mass is 316 g/mol. The standard InChI is InChI=1S/C18H24N2O3/c1-12(2)23-15-7-5-14(6-8-15)18(22)11-19-10-16-17(21)9-4-13(3)20-16/h4-9,12,18-19,21-22H,10-11H2,1-3H3. The van der Waals surface area contributed by atoms with Gasteiger partial charge < -0.3 is 20.3 Å². The number of nitrogens with one attached hydrogen (secondary N) is 1. The smallest absolute Gasteiger partial charge is 0.138 e. The molecule has 1 aromatic heterocycles. The van der Waals surface area contributed by atoms with Crippen molar-refractivity contribution in [3.8, 4) is 11.5 Å². The Bertz CT molecular complexity index is 627. The van der Waals surface area contributed by atoms with Gasteiger partial charge in [0.1, 0.15) is 11.5 Å². The van der Waals surface area contributed by atoms with Crippen LogP contribution in [0.5, 0.6) is 11.5 Å². The van der Waals surface area contributed by atoms with E-state index in [1.165, 1.54) is 0 Å². The summed E-state index contributed by atoms with van der Waals surface area (Å²) in [5, 5.41) is 23.1. The number of aliphatic hydroxyl groups is 1. The average molecular weight is 316 g/mol. The number of hydrogen-bond acceptors (Lipinski definition) is 5. The first kappa shape index (κ1) is 17.2. The Morgan fingerprint density at radius 3 is 2.48 bits per heavy atom. The van der Waals surface area contributed by atoms with Crippen molar-refractivity contribution in [3.63, 3.8) is 0 Å². The van der Waals surface area contributed by atoms with Gasteiger partial charge in [0, 0.05) is 18.8 Å². The van der Waals surface area contributed by atoms with E-state index in [2.05, 4.69) is 10.3 Å². The van der Waals surface area contributed by atoms with Crippen molar-refractivity contribution < 1.29 is 14.9 Å². The summed E-state index contributed by atoms with van der Waals surface area (Å²) in [4.78, 5) is 4.27. The number of hydrogen-bond donors (Lipinski definition) is 3. The van der Waals surface area contributed by atoms with Crippen LogP contribution in [0.2, 0.25) is 0 Å². The number of aryl methyl sites for hydroxylation is 1. The highest BCUT2D eigenvalue weighted by Crippen LogP contribution is 2.19. The van der Waals surface area contributed by atoms with Gasteiger partial charge in [-0.05, 0) is 50.6 Å². The third-order valence-corrected chi connectivity index (χ3v) is 3.36. The van der Waals surface area contributed by atoms with E-state index >= 15 is 0 Å². The van der Waals surface area contributed by atoms with Crippen molar-refractivity contribution in [2.75, 3.05) is 6.54 Å². The molecule has 0 saturated heterocycles. The number of benzene rings is 1. The van der Waals surface area contributed by atoms with E-state index in [9.17, 15) is 10.2 Å². The van der Waals surface area contributed by atoms with Gasteiger partial charge in [-0.15, -0.1) is 0 Å². The van der Waals surface area contributed by atoms with Gasteiger partial charge in [-0.2, -0.15) is 0 Å². The van der Waals surface area contributed by atoms with E-state index in [1.807, 2.05) is 45.0 Å². The zero-order chi connectivity index (χ0) is 16.8. The van der Waals surface area contributed by atoms with Crippen molar-refractivity contribution in [3.05, 3.63) is 53.3 Å². The Balaban J connectivity index is 1.87. The summed E-state index contributed by atoms with van der Waals surface area (Å²) in [6, 6.07) is 10.8. The van der Waals surface area contributed by atoms with Crippen LogP contribution in [0, 0.1) is 6.92 Å². The van der Waals surface area contributed by atoms with Crippen molar-refractivity contribution in [1.82, 2.24) is 10.3 Å². The predicted octanol–water partition coefficient (Wildman–Crippen LogP) is 2.71. The van der Waals surface area contributed by atoms with Gasteiger partial charge in [-0.3, -0.25) is 4.98 Å². The molecular weight excluding hydrogens is 292 g/mol. The quantitative estimate of drug-likeness (QED) is 0.732. The van der Waals surface area contributed by atoms with Crippen LogP contribution in [-0.2, 0) is 6.54 Å². The van der Waals surface area contributed by atoms with Gasteiger partial charge in [-0.25, -0.2) is 0 Å². The minimum absolute atomic E-state index is 0.127. The van der Waals surface area contributed by atoms with E-state index in [1.54, 1.807) is 12.1 Å². The third-order valence-electron chi connectivity index (χ3n) is 3.36. The molecule has 0 radical (unpaired) electrons. The number of pyridine rings is 1. The van der Waals surface area contributed by atoms with Crippen molar-refractivity contribution >= 4 is 0 Å². The molecule has 23 heavy (non-hydrogen) atoms. The molecule has 0 spiro atoms. The maximum Gasteiger partial charge on any atom is 0.138 e. The first-order chi connectivity index (χ1) is 11.0. The number of rotatable bonds is 7. The second-order valence-corrected chi connectivity index (χ2v) is 5.80. The number of aromatic nitrogens is 1. The van der Waals surface area contributed by atoms with Crippen LogP contribution < -0.4 is 10.1 Å². The zero-order valence-electron chi connectivity index (χ0n) is 13.8. The molecule has 1 unspecified atom stereocenters. The summed E-state index contributed by atoms with van der Waals surface area (Å²) in [6.45, 7) is 6.60. The second kappa shape index (κ2) is 7.94. The van der Waals surface area contributed by atoms with Crippen LogP contribution in [0.4, 0.5) is 0 Å². The highest BCUT2D eigenvalue weighted by Gasteiger charge is 2.09. The van der Waals surface area contributed by atoms with E-state index in [4.69, 9.17) is 4.74 Å². The van der Waals surface area contributed by atoms with Crippen molar-refractivity contribution in [2.45, 2.75) is 39.5 Å². The second-order valence-electron chi connectivity index (χ2n) is 5.80. The number of aliphatic hydroxyl groups excluding tert-OH is 1. The molecule has 1 aromatic carbocycles. The summed E-state index contributed by atoms with van der Waals surface area (Å²) in [6.07, 6.45) is -0.503. The Morgan fingerprint density at radius 1 is 1.13 bits per heavy atom. The molecule has 1 heterocycles. The molecule has 1 atom stereocenters. The zero-order valence-corrected chi connectivity index (χ0v) is 13.8. The molecule has 2 aromatic rings. The fourth-order valence-corrected chi connectivity index (χ4v) is 2.22. The number of ether oxygens (including phenoxy) is 1. The van der Waals surface area contributed by atoms with Gasteiger partial charge >= 0.3 is 0 Å². The Hall–Kier alpha value is -2.11. The van der Waals surface area contributed by atoms with Gasteiger partial charge in [-0.1, -0.05) is 12.1 Å². The minimum atomic E-state index is -0.630. The Kier molecular flexibility index (Phi) is 5.96. The topological polar surface area (TPSA) is 74.6 Å². The number of aromatic hydroxyl groups is 1. The van der Waals surface area contributed by atoms with E-state index in [0.717, 1.165) is 17.0 Å². The van der Waals surface area contributed by atoms with Gasteiger partial charge in [0.25, 0.3) is 0 Å². The molecule has 5 nitrogen and oxygen atoms in total. The van der Waals surface area contributed by atoms with E-state index in [0.29, 0.717) is 18.8 Å². The molecule has 5 heteroatoms. The molecule has 0 aliphatic rings. The minimum Gasteiger partial charge on any atom is -0.506 e. The maximum absolute atomic E-state index is 10.2. The van der Waals surface area contributed by atoms with Crippen molar-refractivity contribution in [1.29, 1.82) is 0 Å². The molecule has 0 aliphatic heterocycles. The van der Waals surface area contributed by atoms with Crippen LogP contribution in [0.3, 0.4) is 0 Å². The summed E-state index contributed by atoms with van der Waals surface area (Å²) >= 11 is 0. The predicted molar refractivity (Wildman–Crippen MR) is 89.5 cm³/mol. The third kappa shape index (κ3) is 5.23. The molecule has 0 amide bonds. The SMILES string of the molecule is Cc1ccc(O)c(CNCC(O)c2ccc(OC(C)C)cc2)n1. The summed E-state index contributed by atoms with van der Waals surface area (Å²) in [5.41, 5.74) is 2.24.